The summed E-state index contributed by atoms with van der Waals surface area (Å²) in [6.45, 7) is 0.532. The summed E-state index contributed by atoms with van der Waals surface area (Å²) in [4.78, 5) is 0. The summed E-state index contributed by atoms with van der Waals surface area (Å²) in [5, 5.41) is 20.4. The lowest BCUT2D eigenvalue weighted by atomic mass is 9.96. The maximum atomic E-state index is 12.6. The van der Waals surface area contributed by atoms with Crippen LogP contribution in [0.5, 0.6) is 0 Å². The number of rotatable bonds is 1. The first-order valence-corrected chi connectivity index (χ1v) is 3.39. The Morgan fingerprint density at radius 1 is 1.50 bits per heavy atom. The lowest BCUT2D eigenvalue weighted by molar-refractivity contribution is -0.0122. The highest BCUT2D eigenvalue weighted by Crippen LogP contribution is 2.13. The Morgan fingerprint density at radius 2 is 2.20 bits per heavy atom. The third-order valence-electron chi connectivity index (χ3n) is 1.83. The van der Waals surface area contributed by atoms with E-state index in [2.05, 4.69) is 5.32 Å². The van der Waals surface area contributed by atoms with Crippen LogP contribution in [0.4, 0.5) is 4.39 Å². The molecule has 1 aliphatic rings. The van der Waals surface area contributed by atoms with Crippen LogP contribution in [0, 0.1) is 5.92 Å². The van der Waals surface area contributed by atoms with Gasteiger partial charge in [0, 0.05) is 25.6 Å². The quantitative estimate of drug-likeness (QED) is 0.443. The number of halogens is 1. The Bertz CT molecular complexity index is 112. The molecule has 1 saturated heterocycles. The molecule has 0 saturated carbocycles. The van der Waals surface area contributed by atoms with Gasteiger partial charge in [-0.05, 0) is 0 Å². The zero-order chi connectivity index (χ0) is 7.56. The molecular formula is C6H12FNO2. The van der Waals surface area contributed by atoms with Crippen molar-refractivity contribution in [2.75, 3.05) is 19.7 Å². The molecule has 1 aliphatic heterocycles. The van der Waals surface area contributed by atoms with Crippen molar-refractivity contribution in [1.29, 1.82) is 0 Å². The van der Waals surface area contributed by atoms with Crippen LogP contribution in [0.1, 0.15) is 0 Å². The smallest absolute Gasteiger partial charge is 0.139 e. The van der Waals surface area contributed by atoms with Crippen LogP contribution in [-0.4, -0.2) is 42.2 Å². The fraction of sp³-hybridized carbons (Fsp3) is 1.00. The van der Waals surface area contributed by atoms with Crippen molar-refractivity contribution in [2.24, 2.45) is 5.92 Å². The lowest BCUT2D eigenvalue weighted by Gasteiger charge is -2.29. The molecule has 0 aromatic rings. The van der Waals surface area contributed by atoms with E-state index in [0.717, 1.165) is 0 Å². The molecule has 1 fully saturated rings. The summed E-state index contributed by atoms with van der Waals surface area (Å²) >= 11 is 0. The Morgan fingerprint density at radius 3 is 2.70 bits per heavy atom. The molecule has 3 atom stereocenters. The van der Waals surface area contributed by atoms with E-state index < -0.39 is 12.3 Å². The Hall–Kier alpha value is -0.190. The van der Waals surface area contributed by atoms with Crippen LogP contribution in [0.2, 0.25) is 0 Å². The maximum absolute atomic E-state index is 12.6. The zero-order valence-electron chi connectivity index (χ0n) is 5.63. The number of nitrogens with one attached hydrogen (secondary N) is 1. The summed E-state index contributed by atoms with van der Waals surface area (Å²) in [5.41, 5.74) is 0. The number of hydrogen-bond acceptors (Lipinski definition) is 3. The number of piperidine rings is 1. The van der Waals surface area contributed by atoms with E-state index in [-0.39, 0.29) is 19.1 Å². The highest BCUT2D eigenvalue weighted by atomic mass is 19.1. The number of hydrogen-bond donors (Lipinski definition) is 3. The van der Waals surface area contributed by atoms with Gasteiger partial charge in [-0.1, -0.05) is 0 Å². The first-order chi connectivity index (χ1) is 4.75. The molecule has 0 aromatic heterocycles. The maximum Gasteiger partial charge on any atom is 0.139 e. The summed E-state index contributed by atoms with van der Waals surface area (Å²) in [5.74, 6) is -0.344. The van der Waals surface area contributed by atoms with Crippen LogP contribution in [0.25, 0.3) is 0 Å². The van der Waals surface area contributed by atoms with Gasteiger partial charge in [0.15, 0.2) is 0 Å². The standard InChI is InChI=1S/C6H12FNO2/c7-5-2-8-1-4(3-9)6(5)10/h4-6,8-10H,1-3H2/t4-,5-,6-/m0/s1. The monoisotopic (exact) mass is 149 g/mol. The number of alkyl halides is 1. The van der Waals surface area contributed by atoms with Gasteiger partial charge in [0.2, 0.25) is 0 Å². The minimum absolute atomic E-state index is 0.158. The van der Waals surface area contributed by atoms with Crippen LogP contribution in [0.3, 0.4) is 0 Å². The van der Waals surface area contributed by atoms with Gasteiger partial charge in [0.05, 0.1) is 6.10 Å². The molecule has 1 heterocycles. The fourth-order valence-corrected chi connectivity index (χ4v) is 1.12. The Balaban J connectivity index is 2.42. The second kappa shape index (κ2) is 3.27. The van der Waals surface area contributed by atoms with E-state index in [1.165, 1.54) is 0 Å². The van der Waals surface area contributed by atoms with Gasteiger partial charge in [-0.3, -0.25) is 0 Å². The molecule has 0 radical (unpaired) electrons. The molecule has 3 nitrogen and oxygen atoms in total. The van der Waals surface area contributed by atoms with Gasteiger partial charge in [0.25, 0.3) is 0 Å². The van der Waals surface area contributed by atoms with E-state index in [0.29, 0.717) is 6.54 Å². The average Bonchev–Trinajstić information content (AvgIpc) is 1.95. The van der Waals surface area contributed by atoms with E-state index in [1.54, 1.807) is 0 Å². The zero-order valence-corrected chi connectivity index (χ0v) is 5.63. The van der Waals surface area contributed by atoms with E-state index in [9.17, 15) is 4.39 Å². The average molecular weight is 149 g/mol. The summed E-state index contributed by atoms with van der Waals surface area (Å²) in [7, 11) is 0. The minimum Gasteiger partial charge on any atom is -0.396 e. The van der Waals surface area contributed by atoms with Crippen molar-refractivity contribution >= 4 is 0 Å². The molecule has 10 heavy (non-hydrogen) atoms. The Labute approximate surface area is 58.9 Å². The molecule has 0 aliphatic carbocycles. The number of aliphatic hydroxyl groups excluding tert-OH is 2. The summed E-state index contributed by atoms with van der Waals surface area (Å²) in [6.07, 6.45) is -2.22. The van der Waals surface area contributed by atoms with Gasteiger partial charge < -0.3 is 15.5 Å². The molecule has 1 rings (SSSR count). The van der Waals surface area contributed by atoms with Crippen molar-refractivity contribution in [3.8, 4) is 0 Å². The largest absolute Gasteiger partial charge is 0.396 e. The normalized spacial score (nSPS) is 41.7. The van der Waals surface area contributed by atoms with Gasteiger partial charge in [0.1, 0.15) is 6.17 Å². The van der Waals surface area contributed by atoms with Crippen LogP contribution in [0.15, 0.2) is 0 Å². The lowest BCUT2D eigenvalue weighted by Crippen LogP contribution is -2.49. The van der Waals surface area contributed by atoms with Crippen LogP contribution in [-0.2, 0) is 0 Å². The van der Waals surface area contributed by atoms with Gasteiger partial charge in [-0.25, -0.2) is 4.39 Å². The molecule has 3 N–H and O–H groups in total. The van der Waals surface area contributed by atoms with Crippen LogP contribution >= 0.6 is 0 Å². The molecule has 0 spiro atoms. The van der Waals surface area contributed by atoms with E-state index in [1.807, 2.05) is 0 Å². The fourth-order valence-electron chi connectivity index (χ4n) is 1.12. The van der Waals surface area contributed by atoms with Crippen molar-refractivity contribution in [2.45, 2.75) is 12.3 Å². The van der Waals surface area contributed by atoms with Crippen molar-refractivity contribution < 1.29 is 14.6 Å². The predicted octanol–water partition coefficient (Wildman–Crippen LogP) is -1.10. The first-order valence-electron chi connectivity index (χ1n) is 3.39. The van der Waals surface area contributed by atoms with Gasteiger partial charge >= 0.3 is 0 Å². The third-order valence-corrected chi connectivity index (χ3v) is 1.83. The van der Waals surface area contributed by atoms with Crippen molar-refractivity contribution in [1.82, 2.24) is 5.32 Å². The summed E-state index contributed by atoms with van der Waals surface area (Å²) < 4.78 is 12.6. The Kier molecular flexibility index (Phi) is 2.59. The summed E-state index contributed by atoms with van der Waals surface area (Å²) in [6, 6.07) is 0. The predicted molar refractivity (Wildman–Crippen MR) is 34.3 cm³/mol. The third kappa shape index (κ3) is 1.45. The van der Waals surface area contributed by atoms with Crippen molar-refractivity contribution in [3.05, 3.63) is 0 Å². The molecule has 60 valence electrons. The van der Waals surface area contributed by atoms with Crippen molar-refractivity contribution in [3.63, 3.8) is 0 Å². The second-order valence-corrected chi connectivity index (χ2v) is 2.61. The molecule has 4 heteroatoms. The molecule has 0 amide bonds. The van der Waals surface area contributed by atoms with Crippen LogP contribution < -0.4 is 5.32 Å². The molecular weight excluding hydrogens is 137 g/mol. The van der Waals surface area contributed by atoms with E-state index >= 15 is 0 Å². The molecule has 0 bridgehead atoms. The minimum atomic E-state index is -1.23. The molecule has 0 aromatic carbocycles. The van der Waals surface area contributed by atoms with E-state index in [4.69, 9.17) is 10.2 Å². The highest BCUT2D eigenvalue weighted by Gasteiger charge is 2.30. The van der Waals surface area contributed by atoms with Gasteiger partial charge in [-0.2, -0.15) is 0 Å². The highest BCUT2D eigenvalue weighted by molar-refractivity contribution is 4.83. The topological polar surface area (TPSA) is 52.5 Å². The SMILES string of the molecule is OC[C@@H]1CNC[C@H](F)[C@H]1O. The second-order valence-electron chi connectivity index (χ2n) is 2.61. The van der Waals surface area contributed by atoms with Gasteiger partial charge in [-0.15, -0.1) is 0 Å². The molecule has 0 unspecified atom stereocenters. The first kappa shape index (κ1) is 7.91. The number of aliphatic hydroxyl groups is 2.